The fraction of sp³-hybridized carbons (Fsp3) is 0.133. The summed E-state index contributed by atoms with van der Waals surface area (Å²) in [5.41, 5.74) is 9.18. The first-order valence-electron chi connectivity index (χ1n) is 6.17. The molecule has 2 N–H and O–H groups in total. The van der Waals surface area contributed by atoms with Crippen LogP contribution in [-0.4, -0.2) is 12.1 Å². The lowest BCUT2D eigenvalue weighted by atomic mass is 10.2. The van der Waals surface area contributed by atoms with E-state index < -0.39 is 0 Å². The molecular formula is C15H14N2O2S. The van der Waals surface area contributed by atoms with Gasteiger partial charge < -0.3 is 14.9 Å². The largest absolute Gasteiger partial charge is 0.496 e. The van der Waals surface area contributed by atoms with Crippen LogP contribution in [0.4, 0.5) is 5.69 Å². The van der Waals surface area contributed by atoms with Crippen molar-refractivity contribution in [1.29, 1.82) is 0 Å². The van der Waals surface area contributed by atoms with Crippen LogP contribution in [0, 0.1) is 0 Å². The third-order valence-corrected chi connectivity index (χ3v) is 3.81. The summed E-state index contributed by atoms with van der Waals surface area (Å²) in [6.45, 7) is 0. The Hall–Kier alpha value is -2.14. The van der Waals surface area contributed by atoms with Gasteiger partial charge in [0, 0.05) is 23.1 Å². The molecule has 1 aromatic heterocycles. The zero-order valence-corrected chi connectivity index (χ0v) is 11.8. The van der Waals surface area contributed by atoms with Crippen LogP contribution in [0.5, 0.6) is 5.75 Å². The van der Waals surface area contributed by atoms with Crippen molar-refractivity contribution in [3.63, 3.8) is 0 Å². The molecule has 0 aliphatic rings. The Kier molecular flexibility index (Phi) is 3.52. The zero-order chi connectivity index (χ0) is 13.9. The Morgan fingerprint density at radius 3 is 2.90 bits per heavy atom. The van der Waals surface area contributed by atoms with Crippen molar-refractivity contribution in [2.24, 2.45) is 0 Å². The van der Waals surface area contributed by atoms with E-state index in [0.717, 1.165) is 28.2 Å². The molecule has 3 aromatic rings. The van der Waals surface area contributed by atoms with Gasteiger partial charge in [0.15, 0.2) is 5.58 Å². The maximum Gasteiger partial charge on any atom is 0.257 e. The number of hydrogen-bond acceptors (Lipinski definition) is 5. The van der Waals surface area contributed by atoms with Gasteiger partial charge in [-0.25, -0.2) is 4.98 Å². The highest BCUT2D eigenvalue weighted by atomic mass is 32.2. The number of rotatable bonds is 4. The summed E-state index contributed by atoms with van der Waals surface area (Å²) in [6, 6.07) is 13.4. The van der Waals surface area contributed by atoms with Gasteiger partial charge in [0.2, 0.25) is 0 Å². The molecule has 0 saturated carbocycles. The quantitative estimate of drug-likeness (QED) is 0.585. The maximum atomic E-state index is 5.74. The summed E-state index contributed by atoms with van der Waals surface area (Å²) < 4.78 is 11.0. The third kappa shape index (κ3) is 2.58. The van der Waals surface area contributed by atoms with Gasteiger partial charge in [-0.2, -0.15) is 0 Å². The molecule has 5 heteroatoms. The van der Waals surface area contributed by atoms with Crippen molar-refractivity contribution < 1.29 is 9.15 Å². The minimum atomic E-state index is 0.657. The predicted molar refractivity (Wildman–Crippen MR) is 81.0 cm³/mol. The van der Waals surface area contributed by atoms with E-state index in [1.54, 1.807) is 7.11 Å². The number of hydrogen-bond donors (Lipinski definition) is 1. The van der Waals surface area contributed by atoms with Crippen LogP contribution in [0.3, 0.4) is 0 Å². The number of thioether (sulfide) groups is 1. The minimum absolute atomic E-state index is 0.657. The van der Waals surface area contributed by atoms with Crippen LogP contribution in [-0.2, 0) is 5.75 Å². The van der Waals surface area contributed by atoms with E-state index in [0.29, 0.717) is 10.9 Å². The Labute approximate surface area is 120 Å². The average Bonchev–Trinajstić information content (AvgIpc) is 2.88. The van der Waals surface area contributed by atoms with Crippen LogP contribution in [0.15, 0.2) is 52.1 Å². The van der Waals surface area contributed by atoms with E-state index in [1.807, 2.05) is 42.5 Å². The normalized spacial score (nSPS) is 10.8. The smallest absolute Gasteiger partial charge is 0.257 e. The van der Waals surface area contributed by atoms with Crippen molar-refractivity contribution in [2.75, 3.05) is 12.8 Å². The zero-order valence-electron chi connectivity index (χ0n) is 11.0. The van der Waals surface area contributed by atoms with E-state index in [1.165, 1.54) is 11.8 Å². The highest BCUT2D eigenvalue weighted by Gasteiger charge is 2.09. The SMILES string of the molecule is COc1cc(N)ccc1CSc1nc2ccccc2o1. The van der Waals surface area contributed by atoms with E-state index in [2.05, 4.69) is 4.98 Å². The molecule has 20 heavy (non-hydrogen) atoms. The van der Waals surface area contributed by atoms with Crippen LogP contribution >= 0.6 is 11.8 Å². The van der Waals surface area contributed by atoms with Crippen LogP contribution in [0.2, 0.25) is 0 Å². The number of nitrogens with two attached hydrogens (primary N) is 1. The molecule has 0 spiro atoms. The standard InChI is InChI=1S/C15H14N2O2S/c1-18-14-8-11(16)7-6-10(14)9-20-15-17-12-4-2-3-5-13(12)19-15/h2-8H,9,16H2,1H3. The van der Waals surface area contributed by atoms with Crippen molar-refractivity contribution in [2.45, 2.75) is 11.0 Å². The number of aromatic nitrogens is 1. The highest BCUT2D eigenvalue weighted by molar-refractivity contribution is 7.98. The second-order valence-corrected chi connectivity index (χ2v) is 5.23. The molecule has 0 radical (unpaired) electrons. The van der Waals surface area contributed by atoms with Crippen LogP contribution in [0.25, 0.3) is 11.1 Å². The number of para-hydroxylation sites is 2. The van der Waals surface area contributed by atoms with Crippen molar-refractivity contribution in [1.82, 2.24) is 4.98 Å². The van der Waals surface area contributed by atoms with Gasteiger partial charge in [0.25, 0.3) is 5.22 Å². The lowest BCUT2D eigenvalue weighted by Crippen LogP contribution is -1.93. The lowest BCUT2D eigenvalue weighted by Gasteiger charge is -2.07. The fourth-order valence-corrected chi connectivity index (χ4v) is 2.76. The number of benzene rings is 2. The molecule has 0 amide bonds. The Morgan fingerprint density at radius 2 is 2.10 bits per heavy atom. The molecule has 0 aliphatic carbocycles. The van der Waals surface area contributed by atoms with E-state index in [4.69, 9.17) is 14.9 Å². The van der Waals surface area contributed by atoms with Gasteiger partial charge in [-0.1, -0.05) is 30.0 Å². The molecular weight excluding hydrogens is 272 g/mol. The molecule has 0 bridgehead atoms. The maximum absolute atomic E-state index is 5.74. The second kappa shape index (κ2) is 5.46. The topological polar surface area (TPSA) is 61.3 Å². The first kappa shape index (κ1) is 12.9. The summed E-state index contributed by atoms with van der Waals surface area (Å²) >= 11 is 1.54. The number of ether oxygens (including phenoxy) is 1. The Morgan fingerprint density at radius 1 is 1.25 bits per heavy atom. The number of nitrogen functional groups attached to an aromatic ring is 1. The predicted octanol–water partition coefficient (Wildman–Crippen LogP) is 3.71. The Balaban J connectivity index is 1.79. The van der Waals surface area contributed by atoms with Gasteiger partial charge in [-0.15, -0.1) is 0 Å². The molecule has 0 atom stereocenters. The lowest BCUT2D eigenvalue weighted by molar-refractivity contribution is 0.411. The van der Waals surface area contributed by atoms with Gasteiger partial charge >= 0.3 is 0 Å². The summed E-state index contributed by atoms with van der Waals surface area (Å²) in [5.74, 6) is 1.50. The second-order valence-electron chi connectivity index (χ2n) is 4.31. The highest BCUT2D eigenvalue weighted by Crippen LogP contribution is 2.30. The molecule has 0 aliphatic heterocycles. The van der Waals surface area contributed by atoms with Gasteiger partial charge in [0.05, 0.1) is 7.11 Å². The molecule has 0 saturated heterocycles. The number of methoxy groups -OCH3 is 1. The van der Waals surface area contributed by atoms with Gasteiger partial charge in [-0.05, 0) is 18.2 Å². The summed E-state index contributed by atoms with van der Waals surface area (Å²) in [6.07, 6.45) is 0. The first-order valence-corrected chi connectivity index (χ1v) is 7.15. The number of anilines is 1. The van der Waals surface area contributed by atoms with Crippen LogP contribution < -0.4 is 10.5 Å². The average molecular weight is 286 g/mol. The monoisotopic (exact) mass is 286 g/mol. The molecule has 1 heterocycles. The van der Waals surface area contributed by atoms with E-state index >= 15 is 0 Å². The Bertz CT molecular complexity index is 707. The van der Waals surface area contributed by atoms with Gasteiger partial charge in [-0.3, -0.25) is 0 Å². The third-order valence-electron chi connectivity index (χ3n) is 2.94. The molecule has 102 valence electrons. The van der Waals surface area contributed by atoms with Crippen molar-refractivity contribution >= 4 is 28.5 Å². The van der Waals surface area contributed by atoms with Gasteiger partial charge in [0.1, 0.15) is 11.3 Å². The summed E-state index contributed by atoms with van der Waals surface area (Å²) in [7, 11) is 1.64. The molecule has 4 nitrogen and oxygen atoms in total. The molecule has 2 aromatic carbocycles. The van der Waals surface area contributed by atoms with E-state index in [-0.39, 0.29) is 0 Å². The molecule has 0 fully saturated rings. The number of nitrogens with zero attached hydrogens (tertiary/aromatic N) is 1. The summed E-state index contributed by atoms with van der Waals surface area (Å²) in [4.78, 5) is 4.43. The molecule has 0 unspecified atom stereocenters. The van der Waals surface area contributed by atoms with Crippen LogP contribution in [0.1, 0.15) is 5.56 Å². The molecule has 3 rings (SSSR count). The minimum Gasteiger partial charge on any atom is -0.496 e. The summed E-state index contributed by atoms with van der Waals surface area (Å²) in [5, 5.41) is 0.657. The van der Waals surface area contributed by atoms with E-state index in [9.17, 15) is 0 Å². The first-order chi connectivity index (χ1) is 9.76. The number of fused-ring (bicyclic) bond motifs is 1. The fourth-order valence-electron chi connectivity index (χ4n) is 1.93. The number of oxazole rings is 1. The van der Waals surface area contributed by atoms with Crippen molar-refractivity contribution in [3.8, 4) is 5.75 Å². The van der Waals surface area contributed by atoms with Crippen molar-refractivity contribution in [3.05, 3.63) is 48.0 Å².